The zero-order chi connectivity index (χ0) is 30.8. The number of hydrogen-bond donors (Lipinski definition) is 0. The first-order valence-corrected chi connectivity index (χ1v) is 16.1. The van der Waals surface area contributed by atoms with E-state index < -0.39 is 5.60 Å². The van der Waals surface area contributed by atoms with Crippen molar-refractivity contribution < 1.29 is 23.8 Å². The molecule has 230 valence electrons. The summed E-state index contributed by atoms with van der Waals surface area (Å²) in [6.07, 6.45) is 4.25. The van der Waals surface area contributed by atoms with Crippen LogP contribution in [0.2, 0.25) is 0 Å². The Morgan fingerprint density at radius 2 is 1.73 bits per heavy atom. The first-order chi connectivity index (χ1) is 21.2. The molecule has 0 radical (unpaired) electrons. The lowest BCUT2D eigenvalue weighted by Crippen LogP contribution is -2.37. The number of hydrogen-bond acceptors (Lipinski definition) is 6. The molecule has 1 fully saturated rings. The minimum Gasteiger partial charge on any atom is -0.492 e. The molecule has 1 amide bonds. The van der Waals surface area contributed by atoms with E-state index in [2.05, 4.69) is 10.6 Å². The van der Waals surface area contributed by atoms with Crippen molar-refractivity contribution in [2.75, 3.05) is 19.7 Å². The topological polar surface area (TPSA) is 74.9 Å². The predicted octanol–water partition coefficient (Wildman–Crippen LogP) is 7.67. The highest BCUT2D eigenvalue weighted by atomic mass is 32.1. The maximum atomic E-state index is 13.7. The minimum absolute atomic E-state index is 0.0218. The Labute approximate surface area is 261 Å². The lowest BCUT2D eigenvalue weighted by molar-refractivity contribution is 0.0252. The van der Waals surface area contributed by atoms with Crippen molar-refractivity contribution in [3.63, 3.8) is 0 Å². The lowest BCUT2D eigenvalue weighted by atomic mass is 10.1. The van der Waals surface area contributed by atoms with Gasteiger partial charge in [0.2, 0.25) is 5.78 Å². The van der Waals surface area contributed by atoms with Crippen molar-refractivity contribution in [2.24, 2.45) is 7.05 Å². The third-order valence-electron chi connectivity index (χ3n) is 7.98. The number of benzene rings is 2. The second-order valence-corrected chi connectivity index (χ2v) is 13.2. The summed E-state index contributed by atoms with van der Waals surface area (Å²) in [5.74, 6) is 1.56. The van der Waals surface area contributed by atoms with Gasteiger partial charge in [-0.1, -0.05) is 18.2 Å². The van der Waals surface area contributed by atoms with Crippen LogP contribution in [0.4, 0.5) is 4.79 Å². The van der Waals surface area contributed by atoms with Gasteiger partial charge in [0.15, 0.2) is 0 Å². The highest BCUT2D eigenvalue weighted by molar-refractivity contribution is 7.17. The van der Waals surface area contributed by atoms with Crippen LogP contribution in [0.25, 0.3) is 21.1 Å². The summed E-state index contributed by atoms with van der Waals surface area (Å²) >= 11 is 1.65. The van der Waals surface area contributed by atoms with Crippen LogP contribution in [-0.2, 0) is 18.3 Å². The predicted molar refractivity (Wildman–Crippen MR) is 174 cm³/mol. The highest BCUT2D eigenvalue weighted by Crippen LogP contribution is 2.29. The van der Waals surface area contributed by atoms with Gasteiger partial charge in [-0.25, -0.2) is 4.79 Å². The number of rotatable bonds is 8. The fraction of sp³-hybridized carbons (Fsp3) is 0.371. The molecule has 4 heterocycles. The number of aryl methyl sites for hydroxylation is 1. The number of aromatic nitrogens is 2. The molecule has 5 aromatic rings. The summed E-state index contributed by atoms with van der Waals surface area (Å²) in [5, 5.41) is 2.99. The van der Waals surface area contributed by atoms with Gasteiger partial charge in [-0.05, 0) is 81.5 Å². The maximum Gasteiger partial charge on any atom is 0.410 e. The largest absolute Gasteiger partial charge is 0.492 e. The Morgan fingerprint density at radius 1 is 0.955 bits per heavy atom. The summed E-state index contributed by atoms with van der Waals surface area (Å²) in [6.45, 7) is 8.01. The zero-order valence-corrected chi connectivity index (χ0v) is 26.6. The van der Waals surface area contributed by atoms with Gasteiger partial charge in [0.1, 0.15) is 29.8 Å². The summed E-state index contributed by atoms with van der Waals surface area (Å²) < 4.78 is 23.1. The molecule has 0 saturated carbocycles. The monoisotopic (exact) mass is 613 g/mol. The third-order valence-corrected chi connectivity index (χ3v) is 8.84. The van der Waals surface area contributed by atoms with Gasteiger partial charge >= 0.3 is 6.09 Å². The fourth-order valence-electron chi connectivity index (χ4n) is 5.78. The third kappa shape index (κ3) is 6.48. The second kappa shape index (κ2) is 12.4. The second-order valence-electron chi connectivity index (χ2n) is 12.3. The van der Waals surface area contributed by atoms with Crippen LogP contribution in [0.5, 0.6) is 11.5 Å². The minimum atomic E-state index is -0.499. The normalized spacial score (nSPS) is 15.8. The number of fused-ring (bicyclic) bond motifs is 2. The molecule has 1 saturated heterocycles. The Morgan fingerprint density at radius 3 is 2.50 bits per heavy atom. The van der Waals surface area contributed by atoms with Gasteiger partial charge in [-0.3, -0.25) is 4.79 Å². The average molecular weight is 614 g/mol. The molecule has 1 atom stereocenters. The van der Waals surface area contributed by atoms with E-state index in [1.165, 1.54) is 0 Å². The van der Waals surface area contributed by atoms with Crippen LogP contribution >= 0.6 is 11.3 Å². The van der Waals surface area contributed by atoms with Crippen molar-refractivity contribution in [3.8, 4) is 11.5 Å². The smallest absolute Gasteiger partial charge is 0.410 e. The molecule has 1 aliphatic rings. The van der Waals surface area contributed by atoms with Crippen LogP contribution in [0.1, 0.15) is 56.1 Å². The van der Waals surface area contributed by atoms with Gasteiger partial charge in [0, 0.05) is 49.2 Å². The number of ketones is 1. The quantitative estimate of drug-likeness (QED) is 0.168. The standard InChI is InChI=1S/C35H39N3O5S/c1-35(2,3)43-34(40)37-17-7-8-25(15-18-37)42-26-13-11-24(12-14-26)41-20-19-38-23-28(27-9-5-6-10-29(27)38)33(39)31-22-32-30(36(31)4)16-21-44-32/h5-6,9-14,16,21-23,25H,7-8,15,17-20H2,1-4H3/t25-/m0/s1. The molecule has 3 aromatic heterocycles. The van der Waals surface area contributed by atoms with Gasteiger partial charge in [-0.15, -0.1) is 11.3 Å². The molecule has 44 heavy (non-hydrogen) atoms. The number of amides is 1. The van der Waals surface area contributed by atoms with Crippen molar-refractivity contribution >= 4 is 44.3 Å². The lowest BCUT2D eigenvalue weighted by Gasteiger charge is -2.26. The SMILES string of the molecule is Cn1c(C(=O)c2cn(CCOc3ccc(O[C@H]4CCCN(C(=O)OC(C)(C)C)CC4)cc3)c3ccccc23)cc2sccc21. The Hall–Kier alpha value is -4.24. The van der Waals surface area contributed by atoms with Crippen molar-refractivity contribution in [3.05, 3.63) is 83.5 Å². The molecule has 0 N–H and O–H groups in total. The van der Waals surface area contributed by atoms with E-state index in [1.54, 1.807) is 16.2 Å². The summed E-state index contributed by atoms with van der Waals surface area (Å²) in [6, 6.07) is 19.7. The molecule has 0 spiro atoms. The molecule has 8 nitrogen and oxygen atoms in total. The van der Waals surface area contributed by atoms with Crippen LogP contribution in [0.3, 0.4) is 0 Å². The van der Waals surface area contributed by atoms with Crippen molar-refractivity contribution in [2.45, 2.75) is 58.3 Å². The number of carbonyl (C=O) groups is 2. The van der Waals surface area contributed by atoms with Crippen LogP contribution < -0.4 is 9.47 Å². The molecule has 6 rings (SSSR count). The summed E-state index contributed by atoms with van der Waals surface area (Å²) in [4.78, 5) is 27.9. The molecule has 2 aromatic carbocycles. The number of thiophene rings is 1. The maximum absolute atomic E-state index is 13.7. The molecule has 0 bridgehead atoms. The van der Waals surface area contributed by atoms with Crippen LogP contribution in [-0.4, -0.2) is 57.3 Å². The van der Waals surface area contributed by atoms with E-state index in [-0.39, 0.29) is 18.0 Å². The first-order valence-electron chi connectivity index (χ1n) is 15.2. The number of ether oxygens (including phenoxy) is 3. The molecular weight excluding hydrogens is 574 g/mol. The average Bonchev–Trinajstić information content (AvgIpc) is 3.63. The fourth-order valence-corrected chi connectivity index (χ4v) is 6.63. The van der Waals surface area contributed by atoms with Crippen LogP contribution in [0, 0.1) is 0 Å². The number of carbonyl (C=O) groups excluding carboxylic acids is 2. The Bertz CT molecular complexity index is 1780. The van der Waals surface area contributed by atoms with Gasteiger partial charge in [-0.2, -0.15) is 0 Å². The molecule has 9 heteroatoms. The van der Waals surface area contributed by atoms with Crippen molar-refractivity contribution in [1.29, 1.82) is 0 Å². The van der Waals surface area contributed by atoms with Gasteiger partial charge in [0.25, 0.3) is 0 Å². The van der Waals surface area contributed by atoms with E-state index >= 15 is 0 Å². The Balaban J connectivity index is 1.05. The summed E-state index contributed by atoms with van der Waals surface area (Å²) in [7, 11) is 1.95. The first kappa shape index (κ1) is 29.8. The van der Waals surface area contributed by atoms with Gasteiger partial charge < -0.3 is 28.2 Å². The number of para-hydroxylation sites is 1. The van der Waals surface area contributed by atoms with E-state index in [1.807, 2.05) is 98.6 Å². The van der Waals surface area contributed by atoms with Crippen molar-refractivity contribution in [1.82, 2.24) is 14.0 Å². The number of nitrogens with zero attached hydrogens (tertiary/aromatic N) is 3. The number of likely N-dealkylation sites (tertiary alicyclic amines) is 1. The van der Waals surface area contributed by atoms with E-state index in [0.29, 0.717) is 37.5 Å². The molecule has 0 unspecified atom stereocenters. The van der Waals surface area contributed by atoms with E-state index in [0.717, 1.165) is 51.9 Å². The highest BCUT2D eigenvalue weighted by Gasteiger charge is 2.26. The zero-order valence-electron chi connectivity index (χ0n) is 25.7. The summed E-state index contributed by atoms with van der Waals surface area (Å²) in [5.41, 5.74) is 2.97. The molecule has 1 aliphatic heterocycles. The molecule has 0 aliphatic carbocycles. The van der Waals surface area contributed by atoms with Gasteiger partial charge in [0.05, 0.1) is 22.5 Å². The Kier molecular flexibility index (Phi) is 8.40. The molecular formula is C35H39N3O5S. The van der Waals surface area contributed by atoms with Crippen LogP contribution in [0.15, 0.2) is 72.2 Å². The van der Waals surface area contributed by atoms with E-state index in [9.17, 15) is 9.59 Å². The van der Waals surface area contributed by atoms with E-state index in [4.69, 9.17) is 14.2 Å².